The van der Waals surface area contributed by atoms with Gasteiger partial charge in [-0.15, -0.1) is 11.3 Å². The van der Waals surface area contributed by atoms with Crippen LogP contribution >= 0.6 is 39.0 Å². The molecule has 2 heterocycles. The van der Waals surface area contributed by atoms with Crippen molar-refractivity contribution in [1.82, 2.24) is 0 Å². The van der Waals surface area contributed by atoms with E-state index in [1.807, 2.05) is 23.9 Å². The highest BCUT2D eigenvalue weighted by Crippen LogP contribution is 2.28. The molecule has 0 bridgehead atoms. The molecule has 1 unspecified atom stereocenters. The largest absolute Gasteiger partial charge is 0.298 e. The molecule has 82 valence electrons. The Labute approximate surface area is 107 Å². The number of thiophene rings is 1. The van der Waals surface area contributed by atoms with Crippen LogP contribution in [0.3, 0.4) is 0 Å². The van der Waals surface area contributed by atoms with Crippen LogP contribution in [0, 0.1) is 0 Å². The highest BCUT2D eigenvalue weighted by molar-refractivity contribution is 9.11. The van der Waals surface area contributed by atoms with Gasteiger partial charge in [0.25, 0.3) is 0 Å². The second kappa shape index (κ2) is 5.51. The smallest absolute Gasteiger partial charge is 0.150 e. The van der Waals surface area contributed by atoms with Crippen molar-refractivity contribution in [2.24, 2.45) is 0 Å². The highest BCUT2D eigenvalue weighted by Gasteiger charge is 2.21. The van der Waals surface area contributed by atoms with E-state index in [-0.39, 0.29) is 5.25 Å². The van der Waals surface area contributed by atoms with E-state index in [2.05, 4.69) is 15.9 Å². The first kappa shape index (κ1) is 11.7. The minimum Gasteiger partial charge on any atom is -0.298 e. The SMILES string of the molecule is O=C(Cc1ccc(Br)s1)C1CCCCS1. The van der Waals surface area contributed by atoms with E-state index in [1.54, 1.807) is 11.3 Å². The van der Waals surface area contributed by atoms with Crippen LogP contribution < -0.4 is 0 Å². The molecule has 15 heavy (non-hydrogen) atoms. The summed E-state index contributed by atoms with van der Waals surface area (Å²) in [7, 11) is 0. The van der Waals surface area contributed by atoms with Crippen molar-refractivity contribution in [2.75, 3.05) is 5.75 Å². The van der Waals surface area contributed by atoms with Crippen LogP contribution in [0.1, 0.15) is 24.1 Å². The summed E-state index contributed by atoms with van der Waals surface area (Å²) in [6.07, 6.45) is 4.19. The Morgan fingerprint density at radius 3 is 2.93 bits per heavy atom. The minimum atomic E-state index is 0.264. The van der Waals surface area contributed by atoms with E-state index in [4.69, 9.17) is 0 Å². The zero-order valence-electron chi connectivity index (χ0n) is 8.37. The van der Waals surface area contributed by atoms with Crippen molar-refractivity contribution in [3.63, 3.8) is 0 Å². The lowest BCUT2D eigenvalue weighted by molar-refractivity contribution is -0.118. The first-order valence-electron chi connectivity index (χ1n) is 5.14. The Balaban J connectivity index is 1.91. The highest BCUT2D eigenvalue weighted by atomic mass is 79.9. The Morgan fingerprint density at radius 2 is 2.33 bits per heavy atom. The van der Waals surface area contributed by atoms with Gasteiger partial charge in [-0.2, -0.15) is 11.8 Å². The average Bonchev–Trinajstić information content (AvgIpc) is 2.65. The van der Waals surface area contributed by atoms with Gasteiger partial charge < -0.3 is 0 Å². The van der Waals surface area contributed by atoms with Gasteiger partial charge in [0.05, 0.1) is 9.04 Å². The normalized spacial score (nSPS) is 21.5. The molecule has 0 aliphatic carbocycles. The molecule has 1 aliphatic rings. The second-order valence-electron chi connectivity index (χ2n) is 3.70. The summed E-state index contributed by atoms with van der Waals surface area (Å²) < 4.78 is 1.11. The summed E-state index contributed by atoms with van der Waals surface area (Å²) in [5, 5.41) is 0.264. The fraction of sp³-hybridized carbons (Fsp3) is 0.545. The van der Waals surface area contributed by atoms with Gasteiger partial charge in [-0.05, 0) is 46.7 Å². The van der Waals surface area contributed by atoms with Crippen LogP contribution in [0.4, 0.5) is 0 Å². The topological polar surface area (TPSA) is 17.1 Å². The summed E-state index contributed by atoms with van der Waals surface area (Å²) in [6, 6.07) is 4.06. The Morgan fingerprint density at radius 1 is 1.47 bits per heavy atom. The van der Waals surface area contributed by atoms with Gasteiger partial charge in [0.1, 0.15) is 0 Å². The molecule has 1 aromatic heterocycles. The van der Waals surface area contributed by atoms with Crippen molar-refractivity contribution in [1.29, 1.82) is 0 Å². The third kappa shape index (κ3) is 3.33. The molecular weight excluding hydrogens is 292 g/mol. The molecule has 2 rings (SSSR count). The van der Waals surface area contributed by atoms with E-state index in [0.29, 0.717) is 12.2 Å². The van der Waals surface area contributed by atoms with E-state index in [0.717, 1.165) is 16.0 Å². The summed E-state index contributed by atoms with van der Waals surface area (Å²) in [4.78, 5) is 13.1. The Kier molecular flexibility index (Phi) is 4.29. The lowest BCUT2D eigenvalue weighted by Crippen LogP contribution is -2.22. The number of Topliss-reactive ketones (excluding diaryl/α,β-unsaturated/α-hetero) is 1. The maximum atomic E-state index is 11.9. The first-order valence-corrected chi connectivity index (χ1v) is 7.80. The molecule has 0 amide bonds. The van der Waals surface area contributed by atoms with Crippen LogP contribution in [0.25, 0.3) is 0 Å². The third-order valence-corrected chi connectivity index (χ3v) is 5.57. The molecule has 4 heteroatoms. The van der Waals surface area contributed by atoms with Crippen molar-refractivity contribution in [2.45, 2.75) is 30.9 Å². The van der Waals surface area contributed by atoms with Gasteiger partial charge >= 0.3 is 0 Å². The number of rotatable bonds is 3. The third-order valence-electron chi connectivity index (χ3n) is 2.52. The number of hydrogen-bond donors (Lipinski definition) is 0. The Hall–Kier alpha value is 0.200. The van der Waals surface area contributed by atoms with Crippen LogP contribution in [-0.4, -0.2) is 16.8 Å². The zero-order chi connectivity index (χ0) is 10.7. The monoisotopic (exact) mass is 304 g/mol. The number of halogens is 1. The number of thioether (sulfide) groups is 1. The van der Waals surface area contributed by atoms with Crippen molar-refractivity contribution in [3.8, 4) is 0 Å². The van der Waals surface area contributed by atoms with Gasteiger partial charge in [-0.1, -0.05) is 6.42 Å². The van der Waals surface area contributed by atoms with E-state index in [1.165, 1.54) is 17.7 Å². The van der Waals surface area contributed by atoms with Gasteiger partial charge in [0, 0.05) is 11.3 Å². The van der Waals surface area contributed by atoms with Gasteiger partial charge in [0.2, 0.25) is 0 Å². The number of ketones is 1. The molecule has 0 N–H and O–H groups in total. The molecule has 0 saturated carbocycles. The Bertz CT molecular complexity index is 342. The zero-order valence-corrected chi connectivity index (χ0v) is 11.6. The van der Waals surface area contributed by atoms with E-state index >= 15 is 0 Å². The lowest BCUT2D eigenvalue weighted by atomic mass is 10.1. The second-order valence-corrected chi connectivity index (χ2v) is 7.56. The fourth-order valence-corrected chi connectivity index (χ4v) is 4.48. The quantitative estimate of drug-likeness (QED) is 0.842. The molecule has 0 radical (unpaired) electrons. The summed E-state index contributed by atoms with van der Waals surface area (Å²) in [6.45, 7) is 0. The maximum absolute atomic E-state index is 11.9. The fourth-order valence-electron chi connectivity index (χ4n) is 1.73. The van der Waals surface area contributed by atoms with Gasteiger partial charge in [-0.25, -0.2) is 0 Å². The van der Waals surface area contributed by atoms with Crippen molar-refractivity contribution in [3.05, 3.63) is 20.8 Å². The van der Waals surface area contributed by atoms with Gasteiger partial charge in [-0.3, -0.25) is 4.79 Å². The van der Waals surface area contributed by atoms with Crippen LogP contribution in [0.5, 0.6) is 0 Å². The van der Waals surface area contributed by atoms with E-state index in [9.17, 15) is 4.79 Å². The summed E-state index contributed by atoms with van der Waals surface area (Å²) in [5.74, 6) is 1.57. The number of carbonyl (C=O) groups is 1. The predicted molar refractivity (Wildman–Crippen MR) is 70.8 cm³/mol. The molecule has 0 spiro atoms. The lowest BCUT2D eigenvalue weighted by Gasteiger charge is -2.19. The molecule has 1 aromatic rings. The van der Waals surface area contributed by atoms with Crippen molar-refractivity contribution >= 4 is 44.8 Å². The summed E-state index contributed by atoms with van der Waals surface area (Å²) in [5.41, 5.74) is 0. The molecule has 1 nitrogen and oxygen atoms in total. The summed E-state index contributed by atoms with van der Waals surface area (Å²) >= 11 is 6.93. The van der Waals surface area contributed by atoms with Crippen LogP contribution in [-0.2, 0) is 11.2 Å². The molecule has 1 aliphatic heterocycles. The minimum absolute atomic E-state index is 0.264. The predicted octanol–water partition coefficient (Wildman–Crippen LogP) is 3.91. The van der Waals surface area contributed by atoms with Crippen LogP contribution in [0.15, 0.2) is 15.9 Å². The van der Waals surface area contributed by atoms with Crippen molar-refractivity contribution < 1.29 is 4.79 Å². The molecule has 1 saturated heterocycles. The molecule has 1 fully saturated rings. The molecule has 0 aromatic carbocycles. The first-order chi connectivity index (χ1) is 7.25. The average molecular weight is 305 g/mol. The molecular formula is C11H13BrOS2. The standard InChI is InChI=1S/C11H13BrOS2/c12-11-5-4-8(15-11)7-9(13)10-3-1-2-6-14-10/h4-5,10H,1-3,6-7H2. The molecule has 1 atom stereocenters. The van der Waals surface area contributed by atoms with E-state index < -0.39 is 0 Å². The number of carbonyl (C=O) groups excluding carboxylic acids is 1. The maximum Gasteiger partial charge on any atom is 0.150 e. The van der Waals surface area contributed by atoms with Crippen LogP contribution in [0.2, 0.25) is 0 Å². The van der Waals surface area contributed by atoms with Gasteiger partial charge in [0.15, 0.2) is 5.78 Å². The number of hydrogen-bond acceptors (Lipinski definition) is 3.